The van der Waals surface area contributed by atoms with Gasteiger partial charge in [-0.15, -0.1) is 0 Å². The largest absolute Gasteiger partial charge is 0.444 e. The summed E-state index contributed by atoms with van der Waals surface area (Å²) in [4.78, 5) is 54.2. The first-order valence-electron chi connectivity index (χ1n) is 12.3. The van der Waals surface area contributed by atoms with E-state index in [2.05, 4.69) is 36.4 Å². The number of pyridine rings is 2. The second-order valence-electron chi connectivity index (χ2n) is 9.31. The maximum atomic E-state index is 13.2. The van der Waals surface area contributed by atoms with E-state index in [4.69, 9.17) is 9.57 Å². The number of benzene rings is 1. The highest BCUT2D eigenvalue weighted by molar-refractivity contribution is 9.18. The van der Waals surface area contributed by atoms with Gasteiger partial charge in [0.05, 0.1) is 17.1 Å². The van der Waals surface area contributed by atoms with E-state index in [-0.39, 0.29) is 37.4 Å². The van der Waals surface area contributed by atoms with Gasteiger partial charge in [0.25, 0.3) is 5.91 Å². The number of carbonyl (C=O) groups excluding carboxylic acids is 3. The first kappa shape index (κ1) is 25.8. The zero-order valence-corrected chi connectivity index (χ0v) is 22.0. The van der Waals surface area contributed by atoms with Crippen LogP contribution in [0.2, 0.25) is 0 Å². The number of halogens is 1. The molecule has 2 aliphatic heterocycles. The molecule has 2 aromatic heterocycles. The molecule has 0 unspecified atom stereocenters. The number of likely N-dealkylation sites (tertiary alicyclic amines) is 1. The van der Waals surface area contributed by atoms with Gasteiger partial charge in [0.15, 0.2) is 5.78 Å². The molecule has 3 atom stereocenters. The molecule has 10 nitrogen and oxygen atoms in total. The summed E-state index contributed by atoms with van der Waals surface area (Å²) < 4.78 is 6.30. The number of fused-ring (bicyclic) bond motifs is 1. The molecule has 0 bridgehead atoms. The number of rotatable bonds is 8. The SMILES string of the molecule is O=C(N[C@@H]1C[C@@H](C(=O)CC[C@@H]2CC(Br)=NO2)N(C(=O)OCc2cnc3ccccc3c2)C1)c1cccnc1. The van der Waals surface area contributed by atoms with Crippen molar-refractivity contribution in [2.24, 2.45) is 5.16 Å². The van der Waals surface area contributed by atoms with Gasteiger partial charge in [-0.25, -0.2) is 4.79 Å². The highest BCUT2D eigenvalue weighted by Gasteiger charge is 2.41. The van der Waals surface area contributed by atoms with Crippen LogP contribution in [0.3, 0.4) is 0 Å². The van der Waals surface area contributed by atoms with Gasteiger partial charge in [-0.3, -0.25) is 24.5 Å². The van der Waals surface area contributed by atoms with Crippen molar-refractivity contribution < 1.29 is 24.0 Å². The second-order valence-corrected chi connectivity index (χ2v) is 10.2. The zero-order valence-electron chi connectivity index (χ0n) is 20.5. The summed E-state index contributed by atoms with van der Waals surface area (Å²) in [5, 5.41) is 7.73. The van der Waals surface area contributed by atoms with Gasteiger partial charge >= 0.3 is 6.09 Å². The van der Waals surface area contributed by atoms with Gasteiger partial charge in [-0.2, -0.15) is 0 Å². The summed E-state index contributed by atoms with van der Waals surface area (Å²) in [6.07, 6.45) is 5.52. The van der Waals surface area contributed by atoms with E-state index in [0.29, 0.717) is 29.4 Å². The summed E-state index contributed by atoms with van der Waals surface area (Å²) in [5.74, 6) is -0.424. The molecule has 5 rings (SSSR count). The van der Waals surface area contributed by atoms with Crippen molar-refractivity contribution >= 4 is 49.2 Å². The smallest absolute Gasteiger partial charge is 0.410 e. The van der Waals surface area contributed by atoms with E-state index < -0.39 is 18.2 Å². The van der Waals surface area contributed by atoms with Crippen LogP contribution in [0.5, 0.6) is 0 Å². The minimum Gasteiger partial charge on any atom is -0.444 e. The van der Waals surface area contributed by atoms with Gasteiger partial charge in [0.2, 0.25) is 0 Å². The van der Waals surface area contributed by atoms with Gasteiger partial charge in [0.1, 0.15) is 17.3 Å². The van der Waals surface area contributed by atoms with Crippen LogP contribution in [-0.4, -0.2) is 62.0 Å². The summed E-state index contributed by atoms with van der Waals surface area (Å²) in [5.41, 5.74) is 2.00. The minimum absolute atomic E-state index is 0.0159. The van der Waals surface area contributed by atoms with E-state index in [9.17, 15) is 14.4 Å². The number of ketones is 1. The number of hydrogen-bond donors (Lipinski definition) is 1. The monoisotopic (exact) mass is 579 g/mol. The number of ether oxygens (including phenoxy) is 1. The van der Waals surface area contributed by atoms with Crippen LogP contribution in [0.4, 0.5) is 4.79 Å². The van der Waals surface area contributed by atoms with Crippen LogP contribution < -0.4 is 5.32 Å². The van der Waals surface area contributed by atoms with E-state index in [0.717, 1.165) is 16.5 Å². The topological polar surface area (TPSA) is 123 Å². The summed E-state index contributed by atoms with van der Waals surface area (Å²) in [6, 6.07) is 11.8. The molecular formula is C27H26BrN5O5. The number of nitrogens with zero attached hydrogens (tertiary/aromatic N) is 4. The number of hydrogen-bond acceptors (Lipinski definition) is 8. The predicted molar refractivity (Wildman–Crippen MR) is 143 cm³/mol. The molecule has 0 spiro atoms. The summed E-state index contributed by atoms with van der Waals surface area (Å²) in [6.45, 7) is 0.174. The molecule has 2 aliphatic rings. The molecule has 3 aromatic rings. The molecule has 1 saturated heterocycles. The van der Waals surface area contributed by atoms with Gasteiger partial charge in [-0.1, -0.05) is 23.4 Å². The normalized spacial score (nSPS) is 20.6. The fraction of sp³-hybridized carbons (Fsp3) is 0.333. The average molecular weight is 580 g/mol. The lowest BCUT2D eigenvalue weighted by Gasteiger charge is -2.23. The van der Waals surface area contributed by atoms with E-state index in [1.54, 1.807) is 24.5 Å². The van der Waals surface area contributed by atoms with Crippen molar-refractivity contribution in [1.82, 2.24) is 20.2 Å². The molecule has 0 saturated carbocycles. The summed E-state index contributed by atoms with van der Waals surface area (Å²) >= 11 is 3.30. The third-order valence-electron chi connectivity index (χ3n) is 6.59. The number of aromatic nitrogens is 2. The number of oxime groups is 1. The Morgan fingerprint density at radius 1 is 1.16 bits per heavy atom. The lowest BCUT2D eigenvalue weighted by Crippen LogP contribution is -2.42. The Morgan fingerprint density at radius 2 is 2.03 bits per heavy atom. The van der Waals surface area contributed by atoms with Crippen LogP contribution in [0.1, 0.15) is 41.6 Å². The minimum atomic E-state index is -0.720. The van der Waals surface area contributed by atoms with E-state index >= 15 is 0 Å². The molecule has 1 aromatic carbocycles. The summed E-state index contributed by atoms with van der Waals surface area (Å²) in [7, 11) is 0. The van der Waals surface area contributed by atoms with Crippen molar-refractivity contribution in [2.75, 3.05) is 6.54 Å². The van der Waals surface area contributed by atoms with Crippen LogP contribution in [0, 0.1) is 0 Å². The lowest BCUT2D eigenvalue weighted by molar-refractivity contribution is -0.123. The second kappa shape index (κ2) is 11.7. The molecule has 1 N–H and O–H groups in total. The molecular weight excluding hydrogens is 554 g/mol. The van der Waals surface area contributed by atoms with Crippen molar-refractivity contribution in [1.29, 1.82) is 0 Å². The van der Waals surface area contributed by atoms with Gasteiger partial charge in [0, 0.05) is 55.0 Å². The molecule has 0 aliphatic carbocycles. The zero-order chi connectivity index (χ0) is 26.5. The maximum Gasteiger partial charge on any atom is 0.410 e. The number of Topliss-reactive ketones (excluding diaryl/α,β-unsaturated/α-hetero) is 1. The third kappa shape index (κ3) is 6.16. The van der Waals surface area contributed by atoms with Gasteiger partial charge in [-0.05, 0) is 53.0 Å². The molecule has 11 heteroatoms. The first-order chi connectivity index (χ1) is 18.5. The first-order valence-corrected chi connectivity index (χ1v) is 13.1. The lowest BCUT2D eigenvalue weighted by atomic mass is 10.0. The Bertz CT molecular complexity index is 1370. The van der Waals surface area contributed by atoms with Crippen molar-refractivity contribution in [3.63, 3.8) is 0 Å². The fourth-order valence-corrected chi connectivity index (χ4v) is 5.10. The van der Waals surface area contributed by atoms with Crippen LogP contribution in [0.25, 0.3) is 10.9 Å². The van der Waals surface area contributed by atoms with E-state index in [1.165, 1.54) is 11.1 Å². The molecule has 1 fully saturated rings. The third-order valence-corrected chi connectivity index (χ3v) is 7.05. The van der Waals surface area contributed by atoms with Crippen molar-refractivity contribution in [2.45, 2.75) is 50.5 Å². The molecule has 196 valence electrons. The molecule has 2 amide bonds. The van der Waals surface area contributed by atoms with Gasteiger partial charge < -0.3 is 14.9 Å². The highest BCUT2D eigenvalue weighted by atomic mass is 79.9. The fourth-order valence-electron chi connectivity index (χ4n) is 4.66. The van der Waals surface area contributed by atoms with Crippen LogP contribution in [-0.2, 0) is 21.0 Å². The molecule has 38 heavy (non-hydrogen) atoms. The Kier molecular flexibility index (Phi) is 7.92. The van der Waals surface area contributed by atoms with Crippen LogP contribution >= 0.6 is 15.9 Å². The van der Waals surface area contributed by atoms with Crippen LogP contribution in [0.15, 0.2) is 66.2 Å². The Morgan fingerprint density at radius 3 is 2.82 bits per heavy atom. The van der Waals surface area contributed by atoms with Crippen molar-refractivity contribution in [3.05, 3.63) is 72.2 Å². The Labute approximate surface area is 227 Å². The predicted octanol–water partition coefficient (Wildman–Crippen LogP) is 3.99. The number of carbonyl (C=O) groups is 3. The standard InChI is InChI=1S/C27H26BrN5O5/c28-25-12-21(38-32-25)7-8-24(34)23-11-20(31-26(35)19-5-3-9-29-14-19)15-33(23)27(36)37-16-17-10-18-4-1-2-6-22(18)30-13-17/h1-6,9-10,13-14,20-21,23H,7-8,11-12,15-16H2,(H,31,35)/t20-,21-,23+/m1/s1. The average Bonchev–Trinajstić information content (AvgIpc) is 3.56. The number of para-hydroxylation sites is 1. The Balaban J connectivity index is 1.24. The quantitative estimate of drug-likeness (QED) is 0.428. The maximum absolute atomic E-state index is 13.2. The number of amides is 2. The molecule has 0 radical (unpaired) electrons. The van der Waals surface area contributed by atoms with E-state index in [1.807, 2.05) is 30.3 Å². The number of nitrogens with one attached hydrogen (secondary N) is 1. The molecule has 4 heterocycles. The van der Waals surface area contributed by atoms with Crippen molar-refractivity contribution in [3.8, 4) is 0 Å². The Hall–Kier alpha value is -3.86. The highest BCUT2D eigenvalue weighted by Crippen LogP contribution is 2.25.